The van der Waals surface area contributed by atoms with Crippen molar-refractivity contribution in [3.05, 3.63) is 35.9 Å². The molecule has 0 atom stereocenters. The van der Waals surface area contributed by atoms with Crippen molar-refractivity contribution in [3.8, 4) is 0 Å². The van der Waals surface area contributed by atoms with Gasteiger partial charge in [0.15, 0.2) is 0 Å². The van der Waals surface area contributed by atoms with E-state index in [1.807, 2.05) is 0 Å². The van der Waals surface area contributed by atoms with Gasteiger partial charge in [0.25, 0.3) is 0 Å². The Morgan fingerprint density at radius 3 is 2.41 bits per heavy atom. The Bertz CT molecular complexity index is 766. The first-order chi connectivity index (χ1) is 13.0. The van der Waals surface area contributed by atoms with E-state index >= 15 is 0 Å². The minimum atomic E-state index is -3.53. The van der Waals surface area contributed by atoms with Crippen LogP contribution >= 0.6 is 0 Å². The summed E-state index contributed by atoms with van der Waals surface area (Å²) in [6, 6.07) is 6.23. The van der Waals surface area contributed by atoms with Crippen LogP contribution in [0.5, 0.6) is 0 Å². The van der Waals surface area contributed by atoms with Crippen LogP contribution in [-0.4, -0.2) is 39.0 Å². The number of rotatable bonds is 6. The topological polar surface area (TPSA) is 78.5 Å². The van der Waals surface area contributed by atoms with Crippen molar-refractivity contribution in [2.45, 2.75) is 56.3 Å². The van der Waals surface area contributed by atoms with Gasteiger partial charge < -0.3 is 10.2 Å². The van der Waals surface area contributed by atoms with Crippen LogP contribution in [0.2, 0.25) is 0 Å². The smallest absolute Gasteiger partial charge is 0.321 e. The standard InChI is InChI=1S/C20H29N3O3S/c24-20(23-15-5-2-6-16-23)22-18-9-11-19(12-10-18)27(25,26)21-14-13-17-7-3-1-4-8-17/h7,9-12,21H,1-6,8,13-16H2,(H,22,24). The van der Waals surface area contributed by atoms with Crippen molar-refractivity contribution in [3.63, 3.8) is 0 Å². The predicted octanol–water partition coefficient (Wildman–Crippen LogP) is 3.87. The zero-order valence-electron chi connectivity index (χ0n) is 15.7. The number of benzene rings is 1. The normalized spacial score (nSPS) is 18.1. The number of nitrogens with zero attached hydrogens (tertiary/aromatic N) is 1. The first-order valence-corrected chi connectivity index (χ1v) is 11.4. The van der Waals surface area contributed by atoms with E-state index in [1.54, 1.807) is 17.0 Å². The van der Waals surface area contributed by atoms with Crippen LogP contribution in [-0.2, 0) is 10.0 Å². The molecule has 0 unspecified atom stereocenters. The number of carbonyl (C=O) groups excluding carboxylic acids is 1. The fourth-order valence-electron chi connectivity index (χ4n) is 3.58. The zero-order chi connectivity index (χ0) is 19.1. The van der Waals surface area contributed by atoms with Crippen LogP contribution in [0.1, 0.15) is 51.4 Å². The Balaban J connectivity index is 1.52. The van der Waals surface area contributed by atoms with E-state index in [0.29, 0.717) is 12.2 Å². The highest BCUT2D eigenvalue weighted by Crippen LogP contribution is 2.20. The first kappa shape index (κ1) is 19.9. The van der Waals surface area contributed by atoms with E-state index in [4.69, 9.17) is 0 Å². The highest BCUT2D eigenvalue weighted by atomic mass is 32.2. The van der Waals surface area contributed by atoms with Crippen LogP contribution in [0.15, 0.2) is 40.8 Å². The molecule has 2 N–H and O–H groups in total. The maximum absolute atomic E-state index is 12.4. The van der Waals surface area contributed by atoms with Crippen molar-refractivity contribution in [2.75, 3.05) is 25.0 Å². The van der Waals surface area contributed by atoms with Crippen LogP contribution in [0.25, 0.3) is 0 Å². The van der Waals surface area contributed by atoms with Crippen molar-refractivity contribution in [2.24, 2.45) is 0 Å². The van der Waals surface area contributed by atoms with Crippen LogP contribution < -0.4 is 10.0 Å². The quantitative estimate of drug-likeness (QED) is 0.723. The van der Waals surface area contributed by atoms with Gasteiger partial charge in [-0.15, -0.1) is 0 Å². The van der Waals surface area contributed by atoms with Gasteiger partial charge in [0.1, 0.15) is 0 Å². The Morgan fingerprint density at radius 1 is 1.00 bits per heavy atom. The third-order valence-electron chi connectivity index (χ3n) is 5.18. The molecule has 1 heterocycles. The van der Waals surface area contributed by atoms with Crippen molar-refractivity contribution in [1.29, 1.82) is 0 Å². The van der Waals surface area contributed by atoms with Gasteiger partial charge in [-0.25, -0.2) is 17.9 Å². The fraction of sp³-hybridized carbons (Fsp3) is 0.550. The van der Waals surface area contributed by atoms with E-state index in [-0.39, 0.29) is 10.9 Å². The summed E-state index contributed by atoms with van der Waals surface area (Å²) in [6.45, 7) is 1.97. The summed E-state index contributed by atoms with van der Waals surface area (Å²) in [5.41, 5.74) is 1.96. The van der Waals surface area contributed by atoms with E-state index < -0.39 is 10.0 Å². The predicted molar refractivity (Wildman–Crippen MR) is 107 cm³/mol. The van der Waals surface area contributed by atoms with E-state index in [1.165, 1.54) is 37.0 Å². The number of carbonyl (C=O) groups is 1. The molecule has 2 amide bonds. The molecule has 1 aromatic carbocycles. The number of amides is 2. The Morgan fingerprint density at radius 2 is 1.74 bits per heavy atom. The molecule has 1 aromatic rings. The molecule has 1 fully saturated rings. The molecule has 7 heteroatoms. The average molecular weight is 392 g/mol. The third-order valence-corrected chi connectivity index (χ3v) is 6.66. The molecule has 6 nitrogen and oxygen atoms in total. The second-order valence-corrected chi connectivity index (χ2v) is 9.03. The number of sulfonamides is 1. The molecule has 0 aromatic heterocycles. The minimum absolute atomic E-state index is 0.121. The van der Waals surface area contributed by atoms with Crippen LogP contribution in [0.4, 0.5) is 10.5 Å². The molecule has 148 valence electrons. The lowest BCUT2D eigenvalue weighted by molar-refractivity contribution is 0.200. The van der Waals surface area contributed by atoms with Gasteiger partial charge in [0.05, 0.1) is 4.90 Å². The van der Waals surface area contributed by atoms with Crippen LogP contribution in [0.3, 0.4) is 0 Å². The molecule has 1 saturated heterocycles. The zero-order valence-corrected chi connectivity index (χ0v) is 16.6. The summed E-state index contributed by atoms with van der Waals surface area (Å²) in [7, 11) is -3.53. The van der Waals surface area contributed by atoms with E-state index in [2.05, 4.69) is 16.1 Å². The third kappa shape index (κ3) is 5.81. The highest BCUT2D eigenvalue weighted by Gasteiger charge is 2.17. The average Bonchev–Trinajstić information content (AvgIpc) is 2.70. The number of nitrogens with one attached hydrogen (secondary N) is 2. The van der Waals surface area contributed by atoms with E-state index in [0.717, 1.165) is 45.2 Å². The number of hydrogen-bond donors (Lipinski definition) is 2. The lowest BCUT2D eigenvalue weighted by Gasteiger charge is -2.26. The molecule has 0 saturated carbocycles. The van der Waals surface area contributed by atoms with Crippen molar-refractivity contribution in [1.82, 2.24) is 9.62 Å². The van der Waals surface area contributed by atoms with Crippen LogP contribution in [0, 0.1) is 0 Å². The van der Waals surface area contributed by atoms with Gasteiger partial charge >= 0.3 is 6.03 Å². The van der Waals surface area contributed by atoms with Crippen molar-refractivity contribution < 1.29 is 13.2 Å². The molecule has 0 spiro atoms. The largest absolute Gasteiger partial charge is 0.325 e. The number of allylic oxidation sites excluding steroid dienone is 1. The van der Waals surface area contributed by atoms with Gasteiger partial charge in [-0.3, -0.25) is 0 Å². The summed E-state index contributed by atoms with van der Waals surface area (Å²) in [5, 5.41) is 2.84. The minimum Gasteiger partial charge on any atom is -0.325 e. The maximum atomic E-state index is 12.4. The van der Waals surface area contributed by atoms with Gasteiger partial charge in [0, 0.05) is 25.3 Å². The lowest BCUT2D eigenvalue weighted by atomic mass is 9.97. The number of urea groups is 1. The SMILES string of the molecule is O=C(Nc1ccc(S(=O)(=O)NCCC2=CCCCC2)cc1)N1CCCCC1. The number of anilines is 1. The van der Waals surface area contributed by atoms with Gasteiger partial charge in [-0.05, 0) is 75.6 Å². The molecule has 1 aliphatic heterocycles. The maximum Gasteiger partial charge on any atom is 0.321 e. The second kappa shape index (κ2) is 9.37. The lowest BCUT2D eigenvalue weighted by Crippen LogP contribution is -2.38. The summed E-state index contributed by atoms with van der Waals surface area (Å²) in [5.74, 6) is 0. The second-order valence-electron chi connectivity index (χ2n) is 7.26. The number of likely N-dealkylation sites (tertiary alicyclic amines) is 1. The first-order valence-electron chi connectivity index (χ1n) is 9.88. The Hall–Kier alpha value is -1.86. The fourth-order valence-corrected chi connectivity index (χ4v) is 4.61. The molecule has 0 bridgehead atoms. The highest BCUT2D eigenvalue weighted by molar-refractivity contribution is 7.89. The Kier molecular flexibility index (Phi) is 6.90. The number of piperidine rings is 1. The van der Waals surface area contributed by atoms with Gasteiger partial charge in [-0.1, -0.05) is 11.6 Å². The summed E-state index contributed by atoms with van der Waals surface area (Å²) < 4.78 is 27.5. The molecular formula is C20H29N3O3S. The summed E-state index contributed by atoms with van der Waals surface area (Å²) in [4.78, 5) is 14.2. The van der Waals surface area contributed by atoms with Crippen molar-refractivity contribution >= 4 is 21.7 Å². The van der Waals surface area contributed by atoms with E-state index in [9.17, 15) is 13.2 Å². The number of hydrogen-bond acceptors (Lipinski definition) is 3. The molecule has 1 aliphatic carbocycles. The molecule has 3 rings (SSSR count). The summed E-state index contributed by atoms with van der Waals surface area (Å²) in [6.07, 6.45) is 10.8. The summed E-state index contributed by atoms with van der Waals surface area (Å²) >= 11 is 0. The van der Waals surface area contributed by atoms with Gasteiger partial charge in [0.2, 0.25) is 10.0 Å². The molecular weight excluding hydrogens is 362 g/mol. The van der Waals surface area contributed by atoms with Gasteiger partial charge in [-0.2, -0.15) is 0 Å². The molecule has 27 heavy (non-hydrogen) atoms. The monoisotopic (exact) mass is 391 g/mol. The Labute approximate surface area is 162 Å². The molecule has 2 aliphatic rings. The molecule has 0 radical (unpaired) electrons.